The number of aromatic nitrogens is 2. The molecule has 0 atom stereocenters. The van der Waals surface area contributed by atoms with Gasteiger partial charge in [0.05, 0.1) is 5.75 Å². The van der Waals surface area contributed by atoms with Crippen LogP contribution in [-0.2, 0) is 17.6 Å². The van der Waals surface area contributed by atoms with Gasteiger partial charge >= 0.3 is 0 Å². The number of amides is 1. The molecule has 0 saturated carbocycles. The number of nitrogens with one attached hydrogen (secondary N) is 1. The van der Waals surface area contributed by atoms with Gasteiger partial charge in [0, 0.05) is 16.0 Å². The Morgan fingerprint density at radius 3 is 2.80 bits per heavy atom. The molecule has 0 saturated heterocycles. The number of rotatable bonds is 4. The molecule has 1 aliphatic rings. The van der Waals surface area contributed by atoms with Crippen LogP contribution in [0.1, 0.15) is 28.0 Å². The fraction of sp³-hybridized carbons (Fsp3) is 0.316. The van der Waals surface area contributed by atoms with Crippen molar-refractivity contribution in [1.29, 1.82) is 0 Å². The molecule has 0 unspecified atom stereocenters. The molecule has 6 heteroatoms. The van der Waals surface area contributed by atoms with Crippen molar-refractivity contribution in [2.24, 2.45) is 0 Å². The zero-order valence-corrected chi connectivity index (χ0v) is 15.9. The molecule has 1 aromatic carbocycles. The fourth-order valence-corrected chi connectivity index (χ4v) is 5.51. The maximum absolute atomic E-state index is 12.3. The lowest BCUT2D eigenvalue weighted by Crippen LogP contribution is -2.14. The Hall–Kier alpha value is -1.92. The van der Waals surface area contributed by atoms with Gasteiger partial charge in [-0.25, -0.2) is 9.97 Å². The fourth-order valence-electron chi connectivity index (χ4n) is 3.39. The monoisotopic (exact) mass is 369 g/mol. The minimum absolute atomic E-state index is 0.00589. The van der Waals surface area contributed by atoms with E-state index in [1.54, 1.807) is 17.7 Å². The van der Waals surface area contributed by atoms with Crippen molar-refractivity contribution in [3.8, 4) is 0 Å². The number of thioether (sulfide) groups is 1. The highest BCUT2D eigenvalue weighted by atomic mass is 32.2. The Kier molecular flexibility index (Phi) is 4.48. The van der Waals surface area contributed by atoms with Gasteiger partial charge in [0.15, 0.2) is 0 Å². The zero-order chi connectivity index (χ0) is 17.4. The number of benzene rings is 1. The first-order chi connectivity index (χ1) is 12.1. The second kappa shape index (κ2) is 6.77. The van der Waals surface area contributed by atoms with Crippen LogP contribution in [-0.4, -0.2) is 21.6 Å². The van der Waals surface area contributed by atoms with E-state index in [-0.39, 0.29) is 5.91 Å². The number of thiophene rings is 1. The van der Waals surface area contributed by atoms with Gasteiger partial charge in [-0.1, -0.05) is 17.8 Å². The highest BCUT2D eigenvalue weighted by Crippen LogP contribution is 2.39. The predicted molar refractivity (Wildman–Crippen MR) is 105 cm³/mol. The van der Waals surface area contributed by atoms with E-state index in [0.717, 1.165) is 39.5 Å². The van der Waals surface area contributed by atoms with Gasteiger partial charge in [-0.3, -0.25) is 4.79 Å². The zero-order valence-electron chi connectivity index (χ0n) is 14.3. The normalized spacial score (nSPS) is 13.2. The molecule has 1 aliphatic carbocycles. The minimum Gasteiger partial charge on any atom is -0.325 e. The SMILES string of the molecule is Cc1cc(C)cc(NC(=O)CSc2ncnc3sc4c(c23)CCC4)c1. The Morgan fingerprint density at radius 2 is 2.00 bits per heavy atom. The third-order valence-electron chi connectivity index (χ3n) is 4.31. The molecule has 4 rings (SSSR count). The van der Waals surface area contributed by atoms with Gasteiger partial charge in [0.1, 0.15) is 16.2 Å². The number of hydrogen-bond donors (Lipinski definition) is 1. The number of carbonyl (C=O) groups is 1. The lowest BCUT2D eigenvalue weighted by atomic mass is 10.1. The first-order valence-electron chi connectivity index (χ1n) is 8.36. The third-order valence-corrected chi connectivity index (χ3v) is 6.50. The van der Waals surface area contributed by atoms with Crippen LogP contribution in [0.4, 0.5) is 5.69 Å². The maximum Gasteiger partial charge on any atom is 0.234 e. The summed E-state index contributed by atoms with van der Waals surface area (Å²) in [5, 5.41) is 5.09. The molecule has 4 nitrogen and oxygen atoms in total. The number of hydrogen-bond acceptors (Lipinski definition) is 5. The van der Waals surface area contributed by atoms with Crippen molar-refractivity contribution in [2.45, 2.75) is 38.1 Å². The number of carbonyl (C=O) groups excluding carboxylic acids is 1. The Balaban J connectivity index is 1.50. The van der Waals surface area contributed by atoms with E-state index in [0.29, 0.717) is 5.75 Å². The predicted octanol–water partition coefficient (Wildman–Crippen LogP) is 4.53. The summed E-state index contributed by atoms with van der Waals surface area (Å²) in [6, 6.07) is 6.08. The molecule has 0 aliphatic heterocycles. The Labute approximate surface area is 155 Å². The van der Waals surface area contributed by atoms with Crippen LogP contribution in [0.25, 0.3) is 10.2 Å². The Bertz CT molecular complexity index is 944. The van der Waals surface area contributed by atoms with E-state index in [2.05, 4.69) is 21.4 Å². The second-order valence-corrected chi connectivity index (χ2v) is 8.48. The molecule has 0 bridgehead atoms. The molecule has 0 spiro atoms. The van der Waals surface area contributed by atoms with E-state index < -0.39 is 0 Å². The topological polar surface area (TPSA) is 54.9 Å². The van der Waals surface area contributed by atoms with Crippen LogP contribution >= 0.6 is 23.1 Å². The molecule has 0 fully saturated rings. The van der Waals surface area contributed by atoms with E-state index in [1.807, 2.05) is 26.0 Å². The number of fused-ring (bicyclic) bond motifs is 3. The summed E-state index contributed by atoms with van der Waals surface area (Å²) in [7, 11) is 0. The molecular weight excluding hydrogens is 350 g/mol. The molecule has 2 heterocycles. The van der Waals surface area contributed by atoms with Gasteiger partial charge in [-0.2, -0.15) is 0 Å². The molecule has 128 valence electrons. The summed E-state index contributed by atoms with van der Waals surface area (Å²) < 4.78 is 0. The summed E-state index contributed by atoms with van der Waals surface area (Å²) in [5.41, 5.74) is 4.55. The lowest BCUT2D eigenvalue weighted by Gasteiger charge is -2.08. The third kappa shape index (κ3) is 3.41. The molecule has 25 heavy (non-hydrogen) atoms. The van der Waals surface area contributed by atoms with Crippen molar-refractivity contribution in [3.63, 3.8) is 0 Å². The van der Waals surface area contributed by atoms with E-state index in [1.165, 1.54) is 34.0 Å². The first kappa shape index (κ1) is 16.5. The minimum atomic E-state index is -0.00589. The van der Waals surface area contributed by atoms with Crippen molar-refractivity contribution < 1.29 is 4.79 Å². The first-order valence-corrected chi connectivity index (χ1v) is 10.2. The van der Waals surface area contributed by atoms with Crippen LogP contribution in [0.5, 0.6) is 0 Å². The van der Waals surface area contributed by atoms with Crippen molar-refractivity contribution in [3.05, 3.63) is 46.1 Å². The number of nitrogens with zero attached hydrogens (tertiary/aromatic N) is 2. The summed E-state index contributed by atoms with van der Waals surface area (Å²) >= 11 is 3.28. The van der Waals surface area contributed by atoms with E-state index in [4.69, 9.17) is 0 Å². The molecule has 1 amide bonds. The standard InChI is InChI=1S/C19H19N3OS2/c1-11-6-12(2)8-13(7-11)22-16(23)9-24-18-17-14-4-3-5-15(14)25-19(17)21-10-20-18/h6-8,10H,3-5,9H2,1-2H3,(H,22,23). The second-order valence-electron chi connectivity index (χ2n) is 6.43. The van der Waals surface area contributed by atoms with Crippen molar-refractivity contribution in [2.75, 3.05) is 11.1 Å². The largest absolute Gasteiger partial charge is 0.325 e. The average molecular weight is 370 g/mol. The van der Waals surface area contributed by atoms with Crippen LogP contribution in [0.15, 0.2) is 29.6 Å². The molecule has 2 aromatic heterocycles. The van der Waals surface area contributed by atoms with Crippen LogP contribution in [0.2, 0.25) is 0 Å². The van der Waals surface area contributed by atoms with Crippen LogP contribution in [0, 0.1) is 13.8 Å². The summed E-state index contributed by atoms with van der Waals surface area (Å²) in [5.74, 6) is 0.345. The van der Waals surface area contributed by atoms with Crippen LogP contribution in [0.3, 0.4) is 0 Å². The van der Waals surface area contributed by atoms with Crippen molar-refractivity contribution >= 4 is 44.9 Å². The van der Waals surface area contributed by atoms with Crippen molar-refractivity contribution in [1.82, 2.24) is 9.97 Å². The summed E-state index contributed by atoms with van der Waals surface area (Å²) in [6.45, 7) is 4.07. The van der Waals surface area contributed by atoms with Gasteiger partial charge in [-0.15, -0.1) is 11.3 Å². The van der Waals surface area contributed by atoms with Gasteiger partial charge in [0.2, 0.25) is 5.91 Å². The van der Waals surface area contributed by atoms with E-state index >= 15 is 0 Å². The summed E-state index contributed by atoms with van der Waals surface area (Å²) in [6.07, 6.45) is 5.07. The summed E-state index contributed by atoms with van der Waals surface area (Å²) in [4.78, 5) is 23.7. The number of anilines is 1. The van der Waals surface area contributed by atoms with Gasteiger partial charge in [-0.05, 0) is 61.9 Å². The van der Waals surface area contributed by atoms with Gasteiger partial charge in [0.25, 0.3) is 0 Å². The van der Waals surface area contributed by atoms with Crippen LogP contribution < -0.4 is 5.32 Å². The molecule has 3 aromatic rings. The maximum atomic E-state index is 12.3. The molecular formula is C19H19N3OS2. The molecule has 0 radical (unpaired) electrons. The smallest absolute Gasteiger partial charge is 0.234 e. The highest BCUT2D eigenvalue weighted by Gasteiger charge is 2.21. The highest BCUT2D eigenvalue weighted by molar-refractivity contribution is 8.00. The van der Waals surface area contributed by atoms with E-state index in [9.17, 15) is 4.79 Å². The quantitative estimate of drug-likeness (QED) is 0.542. The Morgan fingerprint density at radius 1 is 1.20 bits per heavy atom. The lowest BCUT2D eigenvalue weighted by molar-refractivity contribution is -0.113. The number of aryl methyl sites for hydroxylation is 4. The molecule has 1 N–H and O–H groups in total. The average Bonchev–Trinajstić information content (AvgIpc) is 3.12. The van der Waals surface area contributed by atoms with Gasteiger partial charge < -0.3 is 5.32 Å².